The van der Waals surface area contributed by atoms with Crippen molar-refractivity contribution in [3.63, 3.8) is 0 Å². The molecule has 0 unspecified atom stereocenters. The van der Waals surface area contributed by atoms with Gasteiger partial charge in [0.2, 0.25) is 5.91 Å². The number of amides is 1. The van der Waals surface area contributed by atoms with E-state index in [0.717, 1.165) is 5.56 Å². The van der Waals surface area contributed by atoms with Crippen molar-refractivity contribution in [3.05, 3.63) is 71.3 Å². The predicted octanol–water partition coefficient (Wildman–Crippen LogP) is 3.82. The topological polar surface area (TPSA) is 55.4 Å². The monoisotopic (exact) mass is 309 g/mol. The Balaban J connectivity index is 2.01. The van der Waals surface area contributed by atoms with Gasteiger partial charge in [-0.3, -0.25) is 4.79 Å². The summed E-state index contributed by atoms with van der Waals surface area (Å²) in [6, 6.07) is 14.5. The first-order valence-electron chi connectivity index (χ1n) is 7.41. The summed E-state index contributed by atoms with van der Waals surface area (Å²) >= 11 is 0. The first kappa shape index (κ1) is 16.5. The molecule has 2 rings (SSSR count). The summed E-state index contributed by atoms with van der Waals surface area (Å²) in [5.41, 5.74) is 3.08. The fourth-order valence-electron chi connectivity index (χ4n) is 1.97. The average molecular weight is 309 g/mol. The third-order valence-corrected chi connectivity index (χ3v) is 3.15. The summed E-state index contributed by atoms with van der Waals surface area (Å²) in [5, 5.41) is 2.73. The third kappa shape index (κ3) is 5.11. The molecule has 0 aliphatic heterocycles. The van der Waals surface area contributed by atoms with E-state index in [2.05, 4.69) is 5.32 Å². The molecule has 1 N–H and O–H groups in total. The fraction of sp³-hybridized carbons (Fsp3) is 0.158. The van der Waals surface area contributed by atoms with Crippen LogP contribution in [0.5, 0.6) is 0 Å². The van der Waals surface area contributed by atoms with Crippen LogP contribution >= 0.6 is 0 Å². The van der Waals surface area contributed by atoms with Gasteiger partial charge in [-0.05, 0) is 43.7 Å². The Kier molecular flexibility index (Phi) is 5.69. The van der Waals surface area contributed by atoms with Gasteiger partial charge in [0, 0.05) is 11.8 Å². The zero-order valence-corrected chi connectivity index (χ0v) is 13.2. The predicted molar refractivity (Wildman–Crippen MR) is 91.2 cm³/mol. The van der Waals surface area contributed by atoms with E-state index in [0.29, 0.717) is 17.9 Å². The molecule has 0 saturated heterocycles. The van der Waals surface area contributed by atoms with E-state index >= 15 is 0 Å². The highest BCUT2D eigenvalue weighted by molar-refractivity contribution is 6.02. The Bertz CT molecular complexity index is 718. The molecule has 0 bridgehead atoms. The van der Waals surface area contributed by atoms with Crippen molar-refractivity contribution < 1.29 is 14.3 Å². The normalized spacial score (nSPS) is 10.5. The maximum atomic E-state index is 11.9. The summed E-state index contributed by atoms with van der Waals surface area (Å²) < 4.78 is 4.94. The smallest absolute Gasteiger partial charge is 0.338 e. The van der Waals surface area contributed by atoms with Crippen molar-refractivity contribution in [3.8, 4) is 0 Å². The highest BCUT2D eigenvalue weighted by atomic mass is 16.5. The van der Waals surface area contributed by atoms with Crippen molar-refractivity contribution in [2.75, 3.05) is 11.9 Å². The fourth-order valence-corrected chi connectivity index (χ4v) is 1.97. The van der Waals surface area contributed by atoms with Crippen molar-refractivity contribution in [2.45, 2.75) is 13.8 Å². The minimum atomic E-state index is -0.404. The van der Waals surface area contributed by atoms with Gasteiger partial charge in [0.15, 0.2) is 0 Å². The lowest BCUT2D eigenvalue weighted by atomic mass is 10.1. The van der Waals surface area contributed by atoms with Gasteiger partial charge in [0.1, 0.15) is 0 Å². The Morgan fingerprint density at radius 3 is 2.57 bits per heavy atom. The first-order valence-corrected chi connectivity index (χ1v) is 7.41. The van der Waals surface area contributed by atoms with Crippen LogP contribution in [-0.2, 0) is 9.53 Å². The number of hydrogen-bond donors (Lipinski definition) is 1. The van der Waals surface area contributed by atoms with Crippen LogP contribution < -0.4 is 5.32 Å². The van der Waals surface area contributed by atoms with E-state index < -0.39 is 5.97 Å². The number of anilines is 1. The Morgan fingerprint density at radius 1 is 1.13 bits per heavy atom. The van der Waals surface area contributed by atoms with Gasteiger partial charge in [0.05, 0.1) is 12.2 Å². The van der Waals surface area contributed by atoms with E-state index in [1.165, 1.54) is 11.6 Å². The van der Waals surface area contributed by atoms with Crippen LogP contribution in [-0.4, -0.2) is 18.5 Å². The summed E-state index contributed by atoms with van der Waals surface area (Å²) in [6.45, 7) is 4.07. The molecular weight excluding hydrogens is 290 g/mol. The molecule has 23 heavy (non-hydrogen) atoms. The van der Waals surface area contributed by atoms with Gasteiger partial charge in [0.25, 0.3) is 0 Å². The van der Waals surface area contributed by atoms with Crippen LogP contribution in [0.25, 0.3) is 6.08 Å². The lowest BCUT2D eigenvalue weighted by Gasteiger charge is -2.05. The number of esters is 1. The molecule has 1 amide bonds. The minimum absolute atomic E-state index is 0.258. The summed E-state index contributed by atoms with van der Waals surface area (Å²) in [7, 11) is 0. The number of ether oxygens (including phenoxy) is 1. The van der Waals surface area contributed by atoms with Gasteiger partial charge in [-0.25, -0.2) is 4.79 Å². The van der Waals surface area contributed by atoms with Crippen molar-refractivity contribution in [2.24, 2.45) is 0 Å². The molecule has 0 saturated carbocycles. The average Bonchev–Trinajstić information content (AvgIpc) is 2.55. The van der Waals surface area contributed by atoms with E-state index in [4.69, 9.17) is 4.74 Å². The quantitative estimate of drug-likeness (QED) is 0.674. The summed E-state index contributed by atoms with van der Waals surface area (Å²) in [6.07, 6.45) is 3.20. The SMILES string of the molecule is CCOC(=O)c1cccc(NC(=O)/C=C/c2ccc(C)cc2)c1. The number of benzene rings is 2. The van der Waals surface area contributed by atoms with Gasteiger partial charge < -0.3 is 10.1 Å². The van der Waals surface area contributed by atoms with Crippen molar-refractivity contribution in [1.82, 2.24) is 0 Å². The van der Waals surface area contributed by atoms with E-state index in [9.17, 15) is 9.59 Å². The molecule has 4 nitrogen and oxygen atoms in total. The number of carbonyl (C=O) groups is 2. The maximum absolute atomic E-state index is 11.9. The minimum Gasteiger partial charge on any atom is -0.462 e. The molecule has 2 aromatic carbocycles. The van der Waals surface area contributed by atoms with E-state index in [1.807, 2.05) is 31.2 Å². The maximum Gasteiger partial charge on any atom is 0.338 e. The molecule has 0 fully saturated rings. The van der Waals surface area contributed by atoms with Crippen molar-refractivity contribution in [1.29, 1.82) is 0 Å². The van der Waals surface area contributed by atoms with Crippen LogP contribution in [0.2, 0.25) is 0 Å². The summed E-state index contributed by atoms with van der Waals surface area (Å²) in [4.78, 5) is 23.6. The van der Waals surface area contributed by atoms with Crippen LogP contribution in [0.4, 0.5) is 5.69 Å². The van der Waals surface area contributed by atoms with Crippen molar-refractivity contribution >= 4 is 23.6 Å². The highest BCUT2D eigenvalue weighted by Gasteiger charge is 2.07. The standard InChI is InChI=1S/C19H19NO3/c1-3-23-19(22)16-5-4-6-17(13-16)20-18(21)12-11-15-9-7-14(2)8-10-15/h4-13H,3H2,1-2H3,(H,20,21)/b12-11+. The highest BCUT2D eigenvalue weighted by Crippen LogP contribution is 2.12. The second kappa shape index (κ2) is 7.94. The summed E-state index contributed by atoms with van der Waals surface area (Å²) in [5.74, 6) is -0.662. The third-order valence-electron chi connectivity index (χ3n) is 3.15. The first-order chi connectivity index (χ1) is 11.1. The Hall–Kier alpha value is -2.88. The lowest BCUT2D eigenvalue weighted by Crippen LogP contribution is -2.09. The largest absolute Gasteiger partial charge is 0.462 e. The second-order valence-electron chi connectivity index (χ2n) is 5.03. The van der Waals surface area contributed by atoms with Crippen LogP contribution in [0.15, 0.2) is 54.6 Å². The number of rotatable bonds is 5. The zero-order valence-electron chi connectivity index (χ0n) is 13.2. The Labute approximate surface area is 135 Å². The van der Waals surface area contributed by atoms with Gasteiger partial charge in [-0.15, -0.1) is 0 Å². The van der Waals surface area contributed by atoms with E-state index in [1.54, 1.807) is 37.3 Å². The van der Waals surface area contributed by atoms with E-state index in [-0.39, 0.29) is 5.91 Å². The molecule has 0 heterocycles. The molecule has 0 atom stereocenters. The van der Waals surface area contributed by atoms with Gasteiger partial charge >= 0.3 is 5.97 Å². The molecule has 0 radical (unpaired) electrons. The molecule has 0 spiro atoms. The molecule has 0 aliphatic rings. The van der Waals surface area contributed by atoms with Gasteiger partial charge in [-0.1, -0.05) is 35.9 Å². The number of aryl methyl sites for hydroxylation is 1. The van der Waals surface area contributed by atoms with Gasteiger partial charge in [-0.2, -0.15) is 0 Å². The number of carbonyl (C=O) groups excluding carboxylic acids is 2. The molecule has 0 aromatic heterocycles. The zero-order chi connectivity index (χ0) is 16.7. The second-order valence-corrected chi connectivity index (χ2v) is 5.03. The molecule has 118 valence electrons. The molecule has 4 heteroatoms. The molecular formula is C19H19NO3. The lowest BCUT2D eigenvalue weighted by molar-refractivity contribution is -0.111. The number of nitrogens with one attached hydrogen (secondary N) is 1. The van der Waals surface area contributed by atoms with Crippen LogP contribution in [0.1, 0.15) is 28.4 Å². The molecule has 0 aliphatic carbocycles. The van der Waals surface area contributed by atoms with Crippen LogP contribution in [0, 0.1) is 6.92 Å². The molecule has 2 aromatic rings. The Morgan fingerprint density at radius 2 is 1.87 bits per heavy atom. The number of hydrogen-bond acceptors (Lipinski definition) is 3. The van der Waals surface area contributed by atoms with Crippen LogP contribution in [0.3, 0.4) is 0 Å².